The van der Waals surface area contributed by atoms with E-state index in [4.69, 9.17) is 23.2 Å². The summed E-state index contributed by atoms with van der Waals surface area (Å²) in [5, 5.41) is 23.5. The molecule has 0 radical (unpaired) electrons. The second-order valence-corrected chi connectivity index (χ2v) is 9.96. The molecule has 196 valence electrons. The molecule has 3 N–H and O–H groups in total. The summed E-state index contributed by atoms with van der Waals surface area (Å²) in [5.74, 6) is -1.70. The highest BCUT2D eigenvalue weighted by Gasteiger charge is 2.24. The molecular formula is C30H23Cl2N3O4. The van der Waals surface area contributed by atoms with Gasteiger partial charge in [-0.15, -0.1) is 0 Å². The molecule has 0 aliphatic rings. The monoisotopic (exact) mass is 559 g/mol. The number of benzene rings is 3. The van der Waals surface area contributed by atoms with Gasteiger partial charge >= 0.3 is 5.97 Å². The number of carbonyl (C=O) groups excluding carboxylic acids is 1. The Morgan fingerprint density at radius 3 is 2.46 bits per heavy atom. The highest BCUT2D eigenvalue weighted by atomic mass is 35.5. The average Bonchev–Trinajstić information content (AvgIpc) is 3.34. The smallest absolute Gasteiger partial charge is 0.326 e. The summed E-state index contributed by atoms with van der Waals surface area (Å²) in [5.41, 5.74) is 4.68. The fourth-order valence-electron chi connectivity index (χ4n) is 4.43. The maximum absolute atomic E-state index is 13.1. The van der Waals surface area contributed by atoms with Gasteiger partial charge in [-0.3, -0.25) is 4.79 Å². The van der Waals surface area contributed by atoms with E-state index in [9.17, 15) is 19.8 Å². The lowest BCUT2D eigenvalue weighted by molar-refractivity contribution is -0.139. The minimum Gasteiger partial charge on any atom is -0.508 e. The third kappa shape index (κ3) is 6.06. The molecule has 1 amide bonds. The summed E-state index contributed by atoms with van der Waals surface area (Å²) < 4.78 is 1.68. The number of amides is 1. The van der Waals surface area contributed by atoms with Crippen molar-refractivity contribution in [2.45, 2.75) is 18.9 Å². The molecule has 0 bridgehead atoms. The van der Waals surface area contributed by atoms with Crippen LogP contribution in [0.3, 0.4) is 0 Å². The molecule has 7 nitrogen and oxygen atoms in total. The van der Waals surface area contributed by atoms with Crippen LogP contribution < -0.4 is 5.32 Å². The normalized spacial score (nSPS) is 11.8. The van der Waals surface area contributed by atoms with Gasteiger partial charge in [-0.05, 0) is 65.1 Å². The van der Waals surface area contributed by atoms with E-state index in [0.29, 0.717) is 27.7 Å². The van der Waals surface area contributed by atoms with Crippen LogP contribution in [-0.4, -0.2) is 37.5 Å². The highest BCUT2D eigenvalue weighted by molar-refractivity contribution is 6.36. The number of imidazole rings is 1. The summed E-state index contributed by atoms with van der Waals surface area (Å²) in [6.45, 7) is 0. The first kappa shape index (κ1) is 26.3. The Bertz CT molecular complexity index is 1690. The van der Waals surface area contributed by atoms with Crippen molar-refractivity contribution in [1.82, 2.24) is 14.7 Å². The Morgan fingerprint density at radius 2 is 1.72 bits per heavy atom. The number of aromatic hydroxyl groups is 1. The van der Waals surface area contributed by atoms with Crippen LogP contribution in [0.5, 0.6) is 5.75 Å². The predicted octanol–water partition coefficient (Wildman–Crippen LogP) is 6.03. The number of phenolic OH excluding ortho intramolecular Hbond substituents is 1. The molecule has 0 spiro atoms. The average molecular weight is 560 g/mol. The first-order chi connectivity index (χ1) is 18.8. The van der Waals surface area contributed by atoms with Crippen molar-refractivity contribution in [3.8, 4) is 16.9 Å². The number of nitrogens with one attached hydrogen (secondary N) is 1. The summed E-state index contributed by atoms with van der Waals surface area (Å²) in [4.78, 5) is 29.6. The van der Waals surface area contributed by atoms with Crippen molar-refractivity contribution in [1.29, 1.82) is 0 Å². The molecule has 0 aliphatic carbocycles. The number of carboxylic acids is 1. The number of fused-ring (bicyclic) bond motifs is 1. The number of hydrogen-bond donors (Lipinski definition) is 3. The third-order valence-corrected chi connectivity index (χ3v) is 6.93. The van der Waals surface area contributed by atoms with E-state index in [1.807, 2.05) is 42.5 Å². The fourth-order valence-corrected chi connectivity index (χ4v) is 4.95. The molecule has 9 heteroatoms. The molecule has 0 aliphatic heterocycles. The van der Waals surface area contributed by atoms with Gasteiger partial charge < -0.3 is 19.9 Å². The largest absolute Gasteiger partial charge is 0.508 e. The quantitative estimate of drug-likeness (QED) is 0.215. The van der Waals surface area contributed by atoms with Gasteiger partial charge in [-0.2, -0.15) is 0 Å². The van der Waals surface area contributed by atoms with Gasteiger partial charge in [0.15, 0.2) is 0 Å². The SMILES string of the molecule is O=C(N[C@@H](Cc1ccc(O)cc1Cc1ccccc1)C(=O)O)c1cn2cc(-c3ccc(Cl)cc3Cl)ccc2n1. The van der Waals surface area contributed by atoms with Gasteiger partial charge in [0.25, 0.3) is 5.91 Å². The van der Waals surface area contributed by atoms with Crippen molar-refractivity contribution in [2.24, 2.45) is 0 Å². The molecule has 5 aromatic rings. The van der Waals surface area contributed by atoms with E-state index in [1.54, 1.807) is 40.9 Å². The number of halogens is 2. The van der Waals surface area contributed by atoms with Gasteiger partial charge in [-0.1, -0.05) is 65.7 Å². The molecule has 0 fully saturated rings. The highest BCUT2D eigenvalue weighted by Crippen LogP contribution is 2.30. The Balaban J connectivity index is 1.37. The number of carbonyl (C=O) groups is 2. The Morgan fingerprint density at radius 1 is 0.923 bits per heavy atom. The molecule has 5 rings (SSSR count). The molecule has 39 heavy (non-hydrogen) atoms. The summed E-state index contributed by atoms with van der Waals surface area (Å²) in [6, 6.07) is 22.1. The second kappa shape index (κ2) is 11.2. The van der Waals surface area contributed by atoms with Gasteiger partial charge in [0, 0.05) is 34.4 Å². The van der Waals surface area contributed by atoms with Crippen molar-refractivity contribution in [2.75, 3.05) is 0 Å². The maximum Gasteiger partial charge on any atom is 0.326 e. The lowest BCUT2D eigenvalue weighted by Gasteiger charge is -2.17. The fraction of sp³-hybridized carbons (Fsp3) is 0.100. The number of pyridine rings is 1. The Hall–Kier alpha value is -4.33. The van der Waals surface area contributed by atoms with Crippen LogP contribution in [-0.2, 0) is 17.6 Å². The van der Waals surface area contributed by atoms with E-state index in [-0.39, 0.29) is 17.9 Å². The van der Waals surface area contributed by atoms with Crippen LogP contribution in [0, 0.1) is 0 Å². The Kier molecular flexibility index (Phi) is 7.54. The van der Waals surface area contributed by atoms with Crippen LogP contribution in [0.1, 0.15) is 27.2 Å². The number of hydrogen-bond acceptors (Lipinski definition) is 4. The second-order valence-electron chi connectivity index (χ2n) is 9.12. The topological polar surface area (TPSA) is 104 Å². The van der Waals surface area contributed by atoms with Crippen molar-refractivity contribution >= 4 is 40.7 Å². The maximum atomic E-state index is 13.1. The van der Waals surface area contributed by atoms with Crippen LogP contribution in [0.2, 0.25) is 10.0 Å². The van der Waals surface area contributed by atoms with Crippen molar-refractivity contribution in [3.05, 3.63) is 124 Å². The number of nitrogens with zero attached hydrogens (tertiary/aromatic N) is 2. The van der Waals surface area contributed by atoms with E-state index in [1.165, 1.54) is 12.3 Å². The lowest BCUT2D eigenvalue weighted by atomic mass is 9.95. The molecule has 3 aromatic carbocycles. The zero-order chi connectivity index (χ0) is 27.5. The summed E-state index contributed by atoms with van der Waals surface area (Å²) >= 11 is 12.4. The van der Waals surface area contributed by atoms with Crippen molar-refractivity contribution in [3.63, 3.8) is 0 Å². The molecule has 2 aromatic heterocycles. The summed E-state index contributed by atoms with van der Waals surface area (Å²) in [6.07, 6.45) is 3.88. The van der Waals surface area contributed by atoms with E-state index in [2.05, 4.69) is 10.3 Å². The molecule has 1 atom stereocenters. The van der Waals surface area contributed by atoms with E-state index < -0.39 is 17.9 Å². The molecular weight excluding hydrogens is 537 g/mol. The zero-order valence-corrected chi connectivity index (χ0v) is 22.0. The minimum atomic E-state index is -1.20. The number of aliphatic carboxylic acids is 1. The van der Waals surface area contributed by atoms with Crippen LogP contribution >= 0.6 is 23.2 Å². The van der Waals surface area contributed by atoms with Crippen LogP contribution in [0.25, 0.3) is 16.8 Å². The zero-order valence-electron chi connectivity index (χ0n) is 20.5. The van der Waals surface area contributed by atoms with E-state index in [0.717, 1.165) is 22.3 Å². The lowest BCUT2D eigenvalue weighted by Crippen LogP contribution is -2.42. The molecule has 0 saturated carbocycles. The van der Waals surface area contributed by atoms with Gasteiger partial charge in [0.05, 0.1) is 0 Å². The standard InChI is InChI=1S/C30H23Cl2N3O4/c31-22-8-10-24(25(32)15-22)20-7-11-28-33-27(17-35(28)16-20)29(37)34-26(30(38)39)14-19-6-9-23(36)13-21(19)12-18-4-2-1-3-5-18/h1-11,13,15-17,26,36H,12,14H2,(H,34,37)(H,38,39)/t26-/m0/s1. The number of rotatable bonds is 8. The van der Waals surface area contributed by atoms with Crippen LogP contribution in [0.15, 0.2) is 91.3 Å². The third-order valence-electron chi connectivity index (χ3n) is 6.38. The van der Waals surface area contributed by atoms with Gasteiger partial charge in [0.2, 0.25) is 0 Å². The summed E-state index contributed by atoms with van der Waals surface area (Å²) in [7, 11) is 0. The van der Waals surface area contributed by atoms with Crippen LogP contribution in [0.4, 0.5) is 0 Å². The first-order valence-electron chi connectivity index (χ1n) is 12.1. The van der Waals surface area contributed by atoms with E-state index >= 15 is 0 Å². The Labute approximate surface area is 234 Å². The molecule has 0 saturated heterocycles. The number of carboxylic acid groups (broad SMARTS) is 1. The van der Waals surface area contributed by atoms with Crippen molar-refractivity contribution < 1.29 is 19.8 Å². The number of aromatic nitrogens is 2. The van der Waals surface area contributed by atoms with Gasteiger partial charge in [-0.25, -0.2) is 9.78 Å². The molecule has 0 unspecified atom stereocenters. The molecule has 2 heterocycles. The van der Waals surface area contributed by atoms with Gasteiger partial charge in [0.1, 0.15) is 23.1 Å². The first-order valence-corrected chi connectivity index (χ1v) is 12.8. The number of phenols is 1. The predicted molar refractivity (Wildman–Crippen MR) is 151 cm³/mol. The minimum absolute atomic E-state index is 0.0378.